The van der Waals surface area contributed by atoms with Crippen LogP contribution in [0.1, 0.15) is 10.4 Å². The number of nitrogens with zero attached hydrogens (tertiary/aromatic N) is 5. The summed E-state index contributed by atoms with van der Waals surface area (Å²) >= 11 is 8.86. The molecule has 4 rings (SSSR count). The van der Waals surface area contributed by atoms with E-state index in [1.807, 2.05) is 47.0 Å². The third-order valence-corrected chi connectivity index (χ3v) is 6.76. The topological polar surface area (TPSA) is 63.9 Å². The first kappa shape index (κ1) is 21.5. The van der Waals surface area contributed by atoms with E-state index in [2.05, 4.69) is 27.3 Å². The molecule has 4 aromatic rings. The Hall–Kier alpha value is -2.68. The second kappa shape index (κ2) is 10.1. The van der Waals surface area contributed by atoms with Crippen molar-refractivity contribution >= 4 is 40.6 Å². The number of halogens is 1. The summed E-state index contributed by atoms with van der Waals surface area (Å²) in [7, 11) is 1.80. The monoisotopic (exact) mass is 469 g/mol. The lowest BCUT2D eigenvalue weighted by Crippen LogP contribution is -2.27. The van der Waals surface area contributed by atoms with Crippen LogP contribution in [0, 0.1) is 0 Å². The Morgan fingerprint density at radius 1 is 1.13 bits per heavy atom. The van der Waals surface area contributed by atoms with E-state index in [9.17, 15) is 4.79 Å². The molecule has 0 aliphatic carbocycles. The average molecular weight is 470 g/mol. The summed E-state index contributed by atoms with van der Waals surface area (Å²) in [5.74, 6) is 1.02. The van der Waals surface area contributed by atoms with Crippen molar-refractivity contribution < 1.29 is 4.79 Å². The lowest BCUT2D eigenvalue weighted by atomic mass is 10.2. The molecule has 0 spiro atoms. The number of hydrogen-bond donors (Lipinski definition) is 0. The van der Waals surface area contributed by atoms with Gasteiger partial charge in [0.05, 0.1) is 23.2 Å². The highest BCUT2D eigenvalue weighted by atomic mass is 35.5. The summed E-state index contributed by atoms with van der Waals surface area (Å²) < 4.78 is 2.76. The van der Waals surface area contributed by atoms with Crippen LogP contribution in [-0.4, -0.2) is 43.4 Å². The SMILES string of the molecule is CN(Cc1ccc(Cl)s1)C(=O)CSc1nnc(-c2cccnc2)n1Cc1ccccc1. The lowest BCUT2D eigenvalue weighted by molar-refractivity contribution is -0.127. The molecule has 0 radical (unpaired) electrons. The Labute approximate surface area is 193 Å². The summed E-state index contributed by atoms with van der Waals surface area (Å²) in [4.78, 5) is 19.6. The quantitative estimate of drug-likeness (QED) is 0.345. The molecule has 0 bridgehead atoms. The van der Waals surface area contributed by atoms with Crippen LogP contribution < -0.4 is 0 Å². The van der Waals surface area contributed by atoms with Gasteiger partial charge in [0.25, 0.3) is 0 Å². The fourth-order valence-corrected chi connectivity index (χ4v) is 5.03. The zero-order valence-corrected chi connectivity index (χ0v) is 19.2. The first-order valence-electron chi connectivity index (χ1n) is 9.58. The summed E-state index contributed by atoms with van der Waals surface area (Å²) in [5.41, 5.74) is 2.02. The van der Waals surface area contributed by atoms with Gasteiger partial charge in [-0.1, -0.05) is 53.7 Å². The molecule has 0 fully saturated rings. The number of rotatable bonds is 8. The second-order valence-electron chi connectivity index (χ2n) is 6.86. The van der Waals surface area contributed by atoms with E-state index in [1.54, 1.807) is 24.3 Å². The van der Waals surface area contributed by atoms with Gasteiger partial charge in [-0.3, -0.25) is 14.3 Å². The van der Waals surface area contributed by atoms with Gasteiger partial charge in [-0.05, 0) is 29.8 Å². The number of pyridine rings is 1. The van der Waals surface area contributed by atoms with Crippen molar-refractivity contribution in [2.45, 2.75) is 18.2 Å². The zero-order valence-electron chi connectivity index (χ0n) is 16.8. The summed E-state index contributed by atoms with van der Waals surface area (Å²) in [5, 5.41) is 9.46. The maximum atomic E-state index is 12.7. The van der Waals surface area contributed by atoms with Crippen LogP contribution >= 0.6 is 34.7 Å². The number of carbonyl (C=O) groups excluding carboxylic acids is 1. The fraction of sp³-hybridized carbons (Fsp3) is 0.182. The fourth-order valence-electron chi connectivity index (χ4n) is 3.01. The van der Waals surface area contributed by atoms with Gasteiger partial charge in [0.2, 0.25) is 5.91 Å². The summed E-state index contributed by atoms with van der Waals surface area (Å²) in [6, 6.07) is 17.7. The molecule has 0 saturated heterocycles. The van der Waals surface area contributed by atoms with E-state index in [1.165, 1.54) is 23.1 Å². The number of amides is 1. The Bertz CT molecular complexity index is 1150. The number of aromatic nitrogens is 4. The van der Waals surface area contributed by atoms with Gasteiger partial charge >= 0.3 is 0 Å². The summed E-state index contributed by atoms with van der Waals surface area (Å²) in [6.45, 7) is 1.15. The molecule has 158 valence electrons. The molecule has 3 aromatic heterocycles. The van der Waals surface area contributed by atoms with Gasteiger partial charge in [0, 0.05) is 29.9 Å². The standard InChI is InChI=1S/C22H20ClN5OS2/c1-27(14-18-9-10-19(23)31-18)20(29)15-30-22-26-25-21(17-8-5-11-24-12-17)28(22)13-16-6-3-2-4-7-16/h2-12H,13-15H2,1H3. The molecule has 6 nitrogen and oxygen atoms in total. The summed E-state index contributed by atoms with van der Waals surface area (Å²) in [6.07, 6.45) is 3.50. The highest BCUT2D eigenvalue weighted by Crippen LogP contribution is 2.26. The molecule has 0 saturated carbocycles. The van der Waals surface area contributed by atoms with E-state index in [0.717, 1.165) is 26.2 Å². The van der Waals surface area contributed by atoms with Crippen LogP contribution in [0.2, 0.25) is 4.34 Å². The molecule has 0 atom stereocenters. The van der Waals surface area contributed by atoms with E-state index in [-0.39, 0.29) is 11.7 Å². The molecule has 0 aliphatic heterocycles. The van der Waals surface area contributed by atoms with Gasteiger partial charge in [0.15, 0.2) is 11.0 Å². The van der Waals surface area contributed by atoms with Crippen LogP contribution in [0.25, 0.3) is 11.4 Å². The highest BCUT2D eigenvalue weighted by Gasteiger charge is 2.18. The number of thioether (sulfide) groups is 1. The van der Waals surface area contributed by atoms with Crippen molar-refractivity contribution in [2.75, 3.05) is 12.8 Å². The smallest absolute Gasteiger partial charge is 0.233 e. The second-order valence-corrected chi connectivity index (χ2v) is 9.61. The largest absolute Gasteiger partial charge is 0.340 e. The van der Waals surface area contributed by atoms with Crippen LogP contribution in [0.4, 0.5) is 0 Å². The zero-order chi connectivity index (χ0) is 21.6. The predicted octanol–water partition coefficient (Wildman–Crippen LogP) is 4.85. The van der Waals surface area contributed by atoms with Crippen LogP contribution in [0.5, 0.6) is 0 Å². The van der Waals surface area contributed by atoms with Crippen molar-refractivity contribution in [3.63, 3.8) is 0 Å². The van der Waals surface area contributed by atoms with Crippen molar-refractivity contribution in [1.82, 2.24) is 24.6 Å². The Morgan fingerprint density at radius 2 is 1.97 bits per heavy atom. The first-order valence-corrected chi connectivity index (χ1v) is 11.8. The Balaban J connectivity index is 1.50. The normalized spacial score (nSPS) is 10.9. The van der Waals surface area contributed by atoms with Gasteiger partial charge in [0.1, 0.15) is 0 Å². The van der Waals surface area contributed by atoms with Crippen molar-refractivity contribution in [2.24, 2.45) is 0 Å². The molecule has 0 aliphatic rings. The van der Waals surface area contributed by atoms with E-state index < -0.39 is 0 Å². The number of benzene rings is 1. The van der Waals surface area contributed by atoms with Crippen LogP contribution in [-0.2, 0) is 17.9 Å². The van der Waals surface area contributed by atoms with Crippen LogP contribution in [0.15, 0.2) is 72.1 Å². The molecule has 1 amide bonds. The lowest BCUT2D eigenvalue weighted by Gasteiger charge is -2.16. The van der Waals surface area contributed by atoms with Gasteiger partial charge in [-0.15, -0.1) is 21.5 Å². The maximum absolute atomic E-state index is 12.7. The molecular formula is C22H20ClN5OS2. The minimum absolute atomic E-state index is 0.0201. The molecule has 31 heavy (non-hydrogen) atoms. The molecule has 0 unspecified atom stereocenters. The third-order valence-electron chi connectivity index (χ3n) is 4.59. The first-order chi connectivity index (χ1) is 15.1. The third kappa shape index (κ3) is 5.52. The number of thiophene rings is 1. The van der Waals surface area contributed by atoms with Gasteiger partial charge < -0.3 is 4.90 Å². The molecule has 0 N–H and O–H groups in total. The molecule has 1 aromatic carbocycles. The molecular weight excluding hydrogens is 450 g/mol. The Morgan fingerprint density at radius 3 is 2.68 bits per heavy atom. The van der Waals surface area contributed by atoms with E-state index in [0.29, 0.717) is 18.2 Å². The molecule has 3 heterocycles. The Kier molecular flexibility index (Phi) is 7.01. The predicted molar refractivity (Wildman–Crippen MR) is 125 cm³/mol. The maximum Gasteiger partial charge on any atom is 0.233 e. The van der Waals surface area contributed by atoms with Gasteiger partial charge in [-0.25, -0.2) is 0 Å². The minimum Gasteiger partial charge on any atom is -0.340 e. The van der Waals surface area contributed by atoms with Crippen molar-refractivity contribution in [3.8, 4) is 11.4 Å². The number of hydrogen-bond acceptors (Lipinski definition) is 6. The van der Waals surface area contributed by atoms with E-state index in [4.69, 9.17) is 11.6 Å². The minimum atomic E-state index is 0.0201. The van der Waals surface area contributed by atoms with Crippen LogP contribution in [0.3, 0.4) is 0 Å². The number of carbonyl (C=O) groups is 1. The van der Waals surface area contributed by atoms with Gasteiger partial charge in [-0.2, -0.15) is 0 Å². The molecule has 9 heteroatoms. The average Bonchev–Trinajstić information content (AvgIpc) is 3.39. The van der Waals surface area contributed by atoms with Crippen molar-refractivity contribution in [3.05, 3.63) is 81.8 Å². The van der Waals surface area contributed by atoms with Crippen molar-refractivity contribution in [1.29, 1.82) is 0 Å². The highest BCUT2D eigenvalue weighted by molar-refractivity contribution is 7.99. The van der Waals surface area contributed by atoms with E-state index >= 15 is 0 Å².